The fourth-order valence-electron chi connectivity index (χ4n) is 2.63. The Morgan fingerprint density at radius 2 is 1.44 bits per heavy atom. The Morgan fingerprint density at radius 3 is 1.91 bits per heavy atom. The van der Waals surface area contributed by atoms with Gasteiger partial charge in [0.1, 0.15) is 22.6 Å². The molecule has 34 heavy (non-hydrogen) atoms. The number of nitrogens with two attached hydrogens (primary N) is 2. The zero-order chi connectivity index (χ0) is 25.4. The highest BCUT2D eigenvalue weighted by Gasteiger charge is 2.18. The monoisotopic (exact) mass is 483 g/mol. The Hall–Kier alpha value is -4.38. The van der Waals surface area contributed by atoms with Crippen molar-refractivity contribution in [2.45, 2.75) is 6.92 Å². The predicted octanol–water partition coefficient (Wildman–Crippen LogP) is 3.00. The Morgan fingerprint density at radius 1 is 0.912 bits per heavy atom. The molecule has 3 rings (SSSR count). The van der Waals surface area contributed by atoms with Crippen molar-refractivity contribution in [3.63, 3.8) is 0 Å². The number of nitrogen functional groups attached to an aromatic ring is 2. The Balaban J connectivity index is 0.000000257. The van der Waals surface area contributed by atoms with Gasteiger partial charge in [-0.3, -0.25) is 0 Å². The van der Waals surface area contributed by atoms with Gasteiger partial charge in [-0.25, -0.2) is 34.5 Å². The summed E-state index contributed by atoms with van der Waals surface area (Å²) in [4.78, 5) is 43.1. The molecule has 12 heteroatoms. The lowest BCUT2D eigenvalue weighted by Crippen LogP contribution is -2.11. The quantitative estimate of drug-likeness (QED) is 0.403. The minimum Gasteiger partial charge on any atom is -0.464 e. The Bertz CT molecular complexity index is 1250. The van der Waals surface area contributed by atoms with Crippen LogP contribution < -0.4 is 11.5 Å². The molecule has 0 unspecified atom stereocenters. The first-order valence-electron chi connectivity index (χ1n) is 9.51. The van der Waals surface area contributed by atoms with Gasteiger partial charge < -0.3 is 20.9 Å². The van der Waals surface area contributed by atoms with Crippen LogP contribution in [0.5, 0.6) is 0 Å². The van der Waals surface area contributed by atoms with Gasteiger partial charge in [0.25, 0.3) is 0 Å². The van der Waals surface area contributed by atoms with Gasteiger partial charge in [-0.15, -0.1) is 0 Å². The van der Waals surface area contributed by atoms with Crippen LogP contribution in [0.3, 0.4) is 0 Å². The van der Waals surface area contributed by atoms with Crippen LogP contribution in [0.25, 0.3) is 23.5 Å². The molecule has 0 bridgehead atoms. The molecule has 0 aliphatic carbocycles. The van der Waals surface area contributed by atoms with Gasteiger partial charge >= 0.3 is 11.9 Å². The summed E-state index contributed by atoms with van der Waals surface area (Å²) in [6.45, 7) is 8.77. The number of pyridine rings is 1. The zero-order valence-electron chi connectivity index (χ0n) is 18.7. The summed E-state index contributed by atoms with van der Waals surface area (Å²) in [5.41, 5.74) is 12.9. The van der Waals surface area contributed by atoms with Crippen LogP contribution >= 0.6 is 11.6 Å². The Labute approximate surface area is 200 Å². The number of aryl methyl sites for hydroxylation is 1. The molecule has 3 aromatic heterocycles. The van der Waals surface area contributed by atoms with Gasteiger partial charge in [0, 0.05) is 22.9 Å². The second-order valence-electron chi connectivity index (χ2n) is 6.37. The maximum atomic E-state index is 11.7. The number of rotatable bonds is 5. The number of nitrogens with zero attached hydrogens (tertiary/aromatic N) is 5. The number of ether oxygens (including phenoxy) is 2. The van der Waals surface area contributed by atoms with E-state index in [-0.39, 0.29) is 28.8 Å². The van der Waals surface area contributed by atoms with E-state index in [0.29, 0.717) is 27.7 Å². The fourth-order valence-corrected chi connectivity index (χ4v) is 2.75. The molecular weight excluding hydrogens is 462 g/mol. The summed E-state index contributed by atoms with van der Waals surface area (Å²) in [5.74, 6) is -0.103. The summed E-state index contributed by atoms with van der Waals surface area (Å²) in [6.07, 6.45) is 4.33. The van der Waals surface area contributed by atoms with Crippen LogP contribution in [0.15, 0.2) is 31.5 Å². The predicted molar refractivity (Wildman–Crippen MR) is 129 cm³/mol. The number of hydrogen-bond donors (Lipinski definition) is 2. The molecule has 0 saturated heterocycles. The van der Waals surface area contributed by atoms with E-state index in [2.05, 4.69) is 47.6 Å². The van der Waals surface area contributed by atoms with Crippen molar-refractivity contribution in [3.05, 3.63) is 65.0 Å². The third kappa shape index (κ3) is 5.90. The van der Waals surface area contributed by atoms with Gasteiger partial charge in [-0.1, -0.05) is 36.9 Å². The first-order valence-corrected chi connectivity index (χ1v) is 9.89. The molecule has 176 valence electrons. The van der Waals surface area contributed by atoms with E-state index in [9.17, 15) is 9.59 Å². The Kier molecular flexibility index (Phi) is 8.73. The number of halogens is 1. The zero-order valence-corrected chi connectivity index (χ0v) is 19.5. The van der Waals surface area contributed by atoms with Crippen LogP contribution in [0, 0.1) is 6.92 Å². The number of esters is 2. The molecule has 0 fully saturated rings. The minimum atomic E-state index is -0.614. The lowest BCUT2D eigenvalue weighted by Gasteiger charge is -2.08. The van der Waals surface area contributed by atoms with E-state index in [4.69, 9.17) is 23.1 Å². The highest BCUT2D eigenvalue weighted by atomic mass is 35.5. The van der Waals surface area contributed by atoms with Crippen molar-refractivity contribution in [2.75, 3.05) is 25.7 Å². The lowest BCUT2D eigenvalue weighted by molar-refractivity contribution is 0.0585. The standard InChI is InChI=1S/C13H11ClN4O2.C9H11N3O2/c1-3-8-10(13(19)20-2)17-12(18-11(8)15)7-4-5-9(14)16-6-7;1-4-6-7(9(13)14-3)11-5(2)12-8(6)10/h3-6H,1H2,2H3,(H2,15,17,18);4H,1H2,2-3H3,(H2,10,11,12). The molecule has 0 aromatic carbocycles. The van der Waals surface area contributed by atoms with Crippen molar-refractivity contribution >= 4 is 47.3 Å². The molecule has 4 N–H and O–H groups in total. The largest absolute Gasteiger partial charge is 0.464 e. The highest BCUT2D eigenvalue weighted by molar-refractivity contribution is 6.29. The van der Waals surface area contributed by atoms with Crippen molar-refractivity contribution in [1.82, 2.24) is 24.9 Å². The van der Waals surface area contributed by atoms with E-state index >= 15 is 0 Å². The smallest absolute Gasteiger partial charge is 0.357 e. The molecule has 3 heterocycles. The van der Waals surface area contributed by atoms with Gasteiger partial charge in [0.05, 0.1) is 14.2 Å². The summed E-state index contributed by atoms with van der Waals surface area (Å²) in [6, 6.07) is 3.27. The third-order valence-corrected chi connectivity index (χ3v) is 4.44. The maximum Gasteiger partial charge on any atom is 0.357 e. The number of aromatic nitrogens is 5. The molecule has 0 aliphatic heterocycles. The normalized spacial score (nSPS) is 9.88. The number of carbonyl (C=O) groups excluding carboxylic acids is 2. The van der Waals surface area contributed by atoms with Crippen molar-refractivity contribution in [3.8, 4) is 11.4 Å². The van der Waals surface area contributed by atoms with Crippen LogP contribution in [-0.2, 0) is 9.47 Å². The number of carbonyl (C=O) groups is 2. The number of hydrogen-bond acceptors (Lipinski definition) is 11. The topological polar surface area (TPSA) is 169 Å². The van der Waals surface area contributed by atoms with Gasteiger partial charge in [-0.2, -0.15) is 0 Å². The average molecular weight is 484 g/mol. The van der Waals surface area contributed by atoms with E-state index < -0.39 is 11.9 Å². The summed E-state index contributed by atoms with van der Waals surface area (Å²) in [7, 11) is 2.54. The molecular formula is C22H22ClN7O4. The molecule has 0 amide bonds. The molecule has 0 atom stereocenters. The second-order valence-corrected chi connectivity index (χ2v) is 6.76. The fraction of sp³-hybridized carbons (Fsp3) is 0.136. The SMILES string of the molecule is C=Cc1c(N)nc(-c2ccc(Cl)nc2)nc1C(=O)OC.C=Cc1c(N)nc(C)nc1C(=O)OC. The first kappa shape index (κ1) is 25.9. The summed E-state index contributed by atoms with van der Waals surface area (Å²) in [5, 5.41) is 0.345. The van der Waals surface area contributed by atoms with Crippen molar-refractivity contribution < 1.29 is 19.1 Å². The van der Waals surface area contributed by atoms with Crippen LogP contribution in [-0.4, -0.2) is 51.1 Å². The van der Waals surface area contributed by atoms with Crippen molar-refractivity contribution in [1.29, 1.82) is 0 Å². The van der Waals surface area contributed by atoms with Gasteiger partial charge in [0.15, 0.2) is 17.2 Å². The van der Waals surface area contributed by atoms with Crippen LogP contribution in [0.4, 0.5) is 11.6 Å². The number of anilines is 2. The van der Waals surface area contributed by atoms with Gasteiger partial charge in [0.2, 0.25) is 0 Å². The minimum absolute atomic E-state index is 0.0555. The summed E-state index contributed by atoms with van der Waals surface area (Å²) < 4.78 is 9.23. The molecule has 3 aromatic rings. The van der Waals surface area contributed by atoms with E-state index in [1.807, 2.05) is 0 Å². The molecule has 0 saturated carbocycles. The first-order chi connectivity index (χ1) is 16.2. The van der Waals surface area contributed by atoms with E-state index in [1.165, 1.54) is 32.6 Å². The lowest BCUT2D eigenvalue weighted by atomic mass is 10.2. The van der Waals surface area contributed by atoms with Crippen LogP contribution in [0.1, 0.15) is 37.9 Å². The van der Waals surface area contributed by atoms with E-state index in [0.717, 1.165) is 0 Å². The highest BCUT2D eigenvalue weighted by Crippen LogP contribution is 2.22. The maximum absolute atomic E-state index is 11.7. The molecule has 0 aliphatic rings. The van der Waals surface area contributed by atoms with Crippen LogP contribution in [0.2, 0.25) is 5.15 Å². The van der Waals surface area contributed by atoms with E-state index in [1.54, 1.807) is 19.1 Å². The summed E-state index contributed by atoms with van der Waals surface area (Å²) >= 11 is 5.72. The van der Waals surface area contributed by atoms with Gasteiger partial charge in [-0.05, 0) is 19.1 Å². The van der Waals surface area contributed by atoms with Crippen molar-refractivity contribution in [2.24, 2.45) is 0 Å². The third-order valence-electron chi connectivity index (χ3n) is 4.21. The second kappa shape index (κ2) is 11.5. The molecule has 0 spiro atoms. The average Bonchev–Trinajstić information content (AvgIpc) is 2.82. The molecule has 11 nitrogen and oxygen atoms in total. The molecule has 0 radical (unpaired) electrons. The number of methoxy groups -OCH3 is 2.